The molecule has 0 aliphatic heterocycles. The minimum Gasteiger partial charge on any atom is -0.288 e. The van der Waals surface area contributed by atoms with E-state index in [9.17, 15) is 4.79 Å². The zero-order valence-electron chi connectivity index (χ0n) is 7.84. The highest BCUT2D eigenvalue weighted by Gasteiger charge is 2.16. The summed E-state index contributed by atoms with van der Waals surface area (Å²) in [5.74, 6) is 0.0546. The molecule has 0 bridgehead atoms. The van der Waals surface area contributed by atoms with E-state index in [1.165, 1.54) is 11.3 Å². The van der Waals surface area contributed by atoms with Crippen molar-refractivity contribution < 1.29 is 4.79 Å². The number of rotatable bonds is 2. The molecule has 0 spiro atoms. The second kappa shape index (κ2) is 5.29. The van der Waals surface area contributed by atoms with Crippen LogP contribution in [0.15, 0.2) is 38.6 Å². The van der Waals surface area contributed by atoms with Crippen molar-refractivity contribution in [2.24, 2.45) is 0 Å². The molecule has 0 aliphatic rings. The minimum absolute atomic E-state index is 0.0546. The summed E-state index contributed by atoms with van der Waals surface area (Å²) in [7, 11) is 0. The van der Waals surface area contributed by atoms with Crippen LogP contribution < -0.4 is 0 Å². The predicted molar refractivity (Wildman–Crippen MR) is 82.3 cm³/mol. The van der Waals surface area contributed by atoms with Crippen molar-refractivity contribution >= 4 is 71.6 Å². The molecule has 0 fully saturated rings. The van der Waals surface area contributed by atoms with E-state index in [2.05, 4.69) is 54.5 Å². The molecular formula is C11H5Br2IOS. The average Bonchev–Trinajstić information content (AvgIpc) is 2.60. The van der Waals surface area contributed by atoms with Gasteiger partial charge >= 0.3 is 0 Å². The Hall–Kier alpha value is 0.280. The Morgan fingerprint density at radius 1 is 1.19 bits per heavy atom. The summed E-state index contributed by atoms with van der Waals surface area (Å²) < 4.78 is 2.88. The van der Waals surface area contributed by atoms with Gasteiger partial charge in [-0.25, -0.2) is 0 Å². The fourth-order valence-corrected chi connectivity index (χ4v) is 3.68. The monoisotopic (exact) mass is 470 g/mol. The van der Waals surface area contributed by atoms with Crippen LogP contribution in [-0.4, -0.2) is 5.78 Å². The Bertz CT molecular complexity index is 533. The van der Waals surface area contributed by atoms with Crippen molar-refractivity contribution in [1.82, 2.24) is 0 Å². The van der Waals surface area contributed by atoms with Gasteiger partial charge in [0.25, 0.3) is 0 Å². The molecule has 0 saturated carbocycles. The van der Waals surface area contributed by atoms with Crippen LogP contribution >= 0.6 is 65.8 Å². The van der Waals surface area contributed by atoms with Crippen LogP contribution in [-0.2, 0) is 0 Å². The van der Waals surface area contributed by atoms with Crippen LogP contribution in [0.5, 0.6) is 0 Å². The van der Waals surface area contributed by atoms with Crippen molar-refractivity contribution in [1.29, 1.82) is 0 Å². The van der Waals surface area contributed by atoms with Crippen molar-refractivity contribution in [3.63, 3.8) is 0 Å². The number of hydrogen-bond donors (Lipinski definition) is 0. The molecule has 1 aromatic heterocycles. The first-order chi connectivity index (χ1) is 7.59. The lowest BCUT2D eigenvalue weighted by atomic mass is 10.1. The van der Waals surface area contributed by atoms with Crippen LogP contribution in [0.1, 0.15) is 15.2 Å². The number of benzene rings is 1. The normalized spacial score (nSPS) is 10.4. The van der Waals surface area contributed by atoms with E-state index in [1.807, 2.05) is 29.6 Å². The Morgan fingerprint density at radius 3 is 2.31 bits per heavy atom. The van der Waals surface area contributed by atoms with Crippen LogP contribution in [0.4, 0.5) is 0 Å². The summed E-state index contributed by atoms with van der Waals surface area (Å²) in [6.45, 7) is 0. The summed E-state index contributed by atoms with van der Waals surface area (Å²) >= 11 is 10.4. The molecule has 1 nitrogen and oxygen atoms in total. The van der Waals surface area contributed by atoms with E-state index in [-0.39, 0.29) is 5.78 Å². The number of carbonyl (C=O) groups excluding carboxylic acids is 1. The third-order valence-electron chi connectivity index (χ3n) is 2.00. The standard InChI is InChI=1S/C11H5Br2IOS/c12-8-5-16-11(9(8)13)10(15)6-1-3-7(14)4-2-6/h1-5H. The number of ketones is 1. The summed E-state index contributed by atoms with van der Waals surface area (Å²) in [5.41, 5.74) is 0.718. The zero-order valence-corrected chi connectivity index (χ0v) is 14.0. The van der Waals surface area contributed by atoms with Gasteiger partial charge in [-0.05, 0) is 78.7 Å². The molecule has 1 aromatic carbocycles. The molecule has 82 valence electrons. The van der Waals surface area contributed by atoms with Gasteiger partial charge in [-0.2, -0.15) is 0 Å². The molecule has 2 rings (SSSR count). The number of halogens is 3. The smallest absolute Gasteiger partial charge is 0.204 e. The van der Waals surface area contributed by atoms with Gasteiger partial charge in [0.1, 0.15) is 0 Å². The van der Waals surface area contributed by atoms with E-state index in [0.29, 0.717) is 0 Å². The first-order valence-electron chi connectivity index (χ1n) is 4.32. The molecule has 0 atom stereocenters. The number of carbonyl (C=O) groups is 1. The summed E-state index contributed by atoms with van der Waals surface area (Å²) in [6, 6.07) is 7.57. The van der Waals surface area contributed by atoms with Gasteiger partial charge in [0.2, 0.25) is 5.78 Å². The lowest BCUT2D eigenvalue weighted by Gasteiger charge is -1.99. The molecule has 0 saturated heterocycles. The van der Waals surface area contributed by atoms with Gasteiger partial charge in [0, 0.05) is 19.0 Å². The van der Waals surface area contributed by atoms with E-state index in [1.54, 1.807) is 0 Å². The Kier molecular flexibility index (Phi) is 4.21. The summed E-state index contributed by atoms with van der Waals surface area (Å²) in [5, 5.41) is 1.91. The molecular weight excluding hydrogens is 467 g/mol. The van der Waals surface area contributed by atoms with Gasteiger partial charge in [-0.1, -0.05) is 0 Å². The second-order valence-electron chi connectivity index (χ2n) is 3.06. The maximum atomic E-state index is 12.1. The topological polar surface area (TPSA) is 17.1 Å². The van der Waals surface area contributed by atoms with Crippen LogP contribution in [0, 0.1) is 3.57 Å². The maximum Gasteiger partial charge on any atom is 0.204 e. The van der Waals surface area contributed by atoms with Gasteiger partial charge in [-0.3, -0.25) is 4.79 Å². The molecule has 0 N–H and O–H groups in total. The van der Waals surface area contributed by atoms with Crippen LogP contribution in [0.3, 0.4) is 0 Å². The highest BCUT2D eigenvalue weighted by Crippen LogP contribution is 2.34. The Morgan fingerprint density at radius 2 is 1.81 bits per heavy atom. The van der Waals surface area contributed by atoms with Crippen LogP contribution in [0.2, 0.25) is 0 Å². The second-order valence-corrected chi connectivity index (χ2v) is 6.84. The van der Waals surface area contributed by atoms with E-state index in [4.69, 9.17) is 0 Å². The molecule has 1 heterocycles. The summed E-state index contributed by atoms with van der Waals surface area (Å²) in [4.78, 5) is 12.9. The Balaban J connectivity index is 2.39. The van der Waals surface area contributed by atoms with Gasteiger partial charge < -0.3 is 0 Å². The molecule has 16 heavy (non-hydrogen) atoms. The Labute approximate surface area is 128 Å². The van der Waals surface area contributed by atoms with E-state index >= 15 is 0 Å². The van der Waals surface area contributed by atoms with Crippen molar-refractivity contribution in [2.45, 2.75) is 0 Å². The van der Waals surface area contributed by atoms with Crippen molar-refractivity contribution in [3.05, 3.63) is 52.6 Å². The lowest BCUT2D eigenvalue weighted by Crippen LogP contribution is -1.99. The molecule has 0 radical (unpaired) electrons. The first kappa shape index (κ1) is 12.7. The molecule has 5 heteroatoms. The third kappa shape index (κ3) is 2.57. The number of thiophene rings is 1. The fraction of sp³-hybridized carbons (Fsp3) is 0. The van der Waals surface area contributed by atoms with Crippen LogP contribution in [0.25, 0.3) is 0 Å². The third-order valence-corrected chi connectivity index (χ3v) is 6.25. The SMILES string of the molecule is O=C(c1ccc(I)cc1)c1scc(Br)c1Br. The summed E-state index contributed by atoms with van der Waals surface area (Å²) in [6.07, 6.45) is 0. The van der Waals surface area contributed by atoms with E-state index < -0.39 is 0 Å². The highest BCUT2D eigenvalue weighted by molar-refractivity contribution is 14.1. The average molecular weight is 472 g/mol. The van der Waals surface area contributed by atoms with Gasteiger partial charge in [0.15, 0.2) is 0 Å². The molecule has 0 amide bonds. The fourth-order valence-electron chi connectivity index (χ4n) is 1.21. The highest BCUT2D eigenvalue weighted by atomic mass is 127. The van der Waals surface area contributed by atoms with Gasteiger partial charge in [-0.15, -0.1) is 11.3 Å². The minimum atomic E-state index is 0.0546. The first-order valence-corrected chi connectivity index (χ1v) is 7.87. The zero-order chi connectivity index (χ0) is 11.7. The lowest BCUT2D eigenvalue weighted by molar-refractivity contribution is 0.104. The number of hydrogen-bond acceptors (Lipinski definition) is 2. The quantitative estimate of drug-likeness (QED) is 0.439. The molecule has 0 unspecified atom stereocenters. The van der Waals surface area contributed by atoms with E-state index in [0.717, 1.165) is 23.0 Å². The molecule has 2 aromatic rings. The largest absolute Gasteiger partial charge is 0.288 e. The van der Waals surface area contributed by atoms with Crippen molar-refractivity contribution in [3.8, 4) is 0 Å². The molecule has 0 aliphatic carbocycles. The van der Waals surface area contributed by atoms with Crippen molar-refractivity contribution in [2.75, 3.05) is 0 Å². The maximum absolute atomic E-state index is 12.1. The van der Waals surface area contributed by atoms with Gasteiger partial charge in [0.05, 0.1) is 9.35 Å². The predicted octanol–water partition coefficient (Wildman–Crippen LogP) is 5.11.